The van der Waals surface area contributed by atoms with E-state index in [1.54, 1.807) is 7.11 Å². The molecule has 1 unspecified atom stereocenters. The van der Waals surface area contributed by atoms with Gasteiger partial charge >= 0.3 is 0 Å². The van der Waals surface area contributed by atoms with Gasteiger partial charge < -0.3 is 15.0 Å². The van der Waals surface area contributed by atoms with Gasteiger partial charge in [-0.05, 0) is 31.2 Å². The summed E-state index contributed by atoms with van der Waals surface area (Å²) in [6.07, 6.45) is 0.894. The van der Waals surface area contributed by atoms with E-state index in [0.29, 0.717) is 6.54 Å². The lowest BCUT2D eigenvalue weighted by Crippen LogP contribution is -2.35. The highest BCUT2D eigenvalue weighted by atomic mass is 16.5. The summed E-state index contributed by atoms with van der Waals surface area (Å²) in [6.45, 7) is 1.51. The summed E-state index contributed by atoms with van der Waals surface area (Å²) in [5.41, 5.74) is 1.14. The Hall–Kier alpha value is -1.55. The average molecular weight is 234 g/mol. The second-order valence-electron chi connectivity index (χ2n) is 4.24. The van der Waals surface area contributed by atoms with Crippen molar-refractivity contribution in [1.29, 1.82) is 0 Å². The fraction of sp³-hybridized carbons (Fsp3) is 0.462. The first kappa shape index (κ1) is 11.9. The molecule has 0 radical (unpaired) electrons. The second-order valence-corrected chi connectivity index (χ2v) is 4.24. The largest absolute Gasteiger partial charge is 0.497 e. The lowest BCUT2D eigenvalue weighted by atomic mass is 10.2. The molecule has 0 bridgehead atoms. The van der Waals surface area contributed by atoms with Gasteiger partial charge in [-0.1, -0.05) is 12.1 Å². The van der Waals surface area contributed by atoms with E-state index in [1.165, 1.54) is 0 Å². The van der Waals surface area contributed by atoms with Crippen molar-refractivity contribution in [2.75, 3.05) is 20.7 Å². The Morgan fingerprint density at radius 3 is 2.65 bits per heavy atom. The summed E-state index contributed by atoms with van der Waals surface area (Å²) in [4.78, 5) is 13.8. The number of rotatable bonds is 4. The fourth-order valence-electron chi connectivity index (χ4n) is 2.12. The second kappa shape index (κ2) is 5.19. The first-order chi connectivity index (χ1) is 8.24. The van der Waals surface area contributed by atoms with Crippen molar-refractivity contribution in [3.8, 4) is 5.75 Å². The monoisotopic (exact) mass is 234 g/mol. The van der Waals surface area contributed by atoms with Gasteiger partial charge in [-0.15, -0.1) is 0 Å². The number of amides is 1. The summed E-state index contributed by atoms with van der Waals surface area (Å²) in [5.74, 6) is 1.04. The van der Waals surface area contributed by atoms with E-state index in [1.807, 2.05) is 36.2 Å². The molecule has 1 saturated heterocycles. The van der Waals surface area contributed by atoms with E-state index in [2.05, 4.69) is 5.32 Å². The van der Waals surface area contributed by atoms with Crippen molar-refractivity contribution >= 4 is 5.91 Å². The lowest BCUT2D eigenvalue weighted by Gasteiger charge is -2.16. The lowest BCUT2D eigenvalue weighted by molar-refractivity contribution is -0.129. The highest BCUT2D eigenvalue weighted by molar-refractivity contribution is 5.83. The van der Waals surface area contributed by atoms with E-state index in [4.69, 9.17) is 4.74 Å². The maximum atomic E-state index is 11.9. The molecule has 0 saturated carbocycles. The number of nitrogens with zero attached hydrogens (tertiary/aromatic N) is 1. The normalized spacial score (nSPS) is 19.8. The van der Waals surface area contributed by atoms with Gasteiger partial charge in [0, 0.05) is 13.1 Å². The Kier molecular flexibility index (Phi) is 3.64. The predicted octanol–water partition coefficient (Wildman–Crippen LogP) is 1.02. The van der Waals surface area contributed by atoms with Crippen molar-refractivity contribution in [2.45, 2.75) is 19.0 Å². The number of carbonyl (C=O) groups is 1. The van der Waals surface area contributed by atoms with Crippen LogP contribution in [0.1, 0.15) is 12.0 Å². The van der Waals surface area contributed by atoms with Gasteiger partial charge in [0.2, 0.25) is 5.91 Å². The van der Waals surface area contributed by atoms with Crippen molar-refractivity contribution in [1.82, 2.24) is 10.2 Å². The molecular weight excluding hydrogens is 216 g/mol. The molecule has 4 nitrogen and oxygen atoms in total. The standard InChI is InChI=1S/C13H18N2O2/c1-14-12-7-8-15(13(12)16)9-10-3-5-11(17-2)6-4-10/h3-6,12,14H,7-9H2,1-2H3. The van der Waals surface area contributed by atoms with Crippen LogP contribution in [0.2, 0.25) is 0 Å². The van der Waals surface area contributed by atoms with Gasteiger partial charge in [0.15, 0.2) is 0 Å². The minimum atomic E-state index is -0.00625. The van der Waals surface area contributed by atoms with Gasteiger partial charge in [0.05, 0.1) is 13.2 Å². The summed E-state index contributed by atoms with van der Waals surface area (Å²) in [6, 6.07) is 7.84. The highest BCUT2D eigenvalue weighted by Gasteiger charge is 2.29. The van der Waals surface area contributed by atoms with Crippen molar-refractivity contribution in [3.05, 3.63) is 29.8 Å². The van der Waals surface area contributed by atoms with Gasteiger partial charge in [-0.25, -0.2) is 0 Å². The average Bonchev–Trinajstić information content (AvgIpc) is 2.71. The van der Waals surface area contributed by atoms with Crippen molar-refractivity contribution in [3.63, 3.8) is 0 Å². The van der Waals surface area contributed by atoms with Crippen LogP contribution >= 0.6 is 0 Å². The van der Waals surface area contributed by atoms with Gasteiger partial charge in [0.25, 0.3) is 0 Å². The first-order valence-corrected chi connectivity index (χ1v) is 5.83. The molecule has 1 N–H and O–H groups in total. The third-order valence-electron chi connectivity index (χ3n) is 3.18. The smallest absolute Gasteiger partial charge is 0.240 e. The zero-order valence-corrected chi connectivity index (χ0v) is 10.3. The van der Waals surface area contributed by atoms with Crippen LogP contribution in [-0.4, -0.2) is 37.6 Å². The van der Waals surface area contributed by atoms with Crippen molar-refractivity contribution in [2.24, 2.45) is 0 Å². The number of benzene rings is 1. The molecule has 2 rings (SSSR count). The minimum absolute atomic E-state index is 0.00625. The fourth-order valence-corrected chi connectivity index (χ4v) is 2.12. The van der Waals surface area contributed by atoms with Gasteiger partial charge in [-0.2, -0.15) is 0 Å². The maximum Gasteiger partial charge on any atom is 0.240 e. The predicted molar refractivity (Wildman–Crippen MR) is 65.9 cm³/mol. The van der Waals surface area contributed by atoms with Crippen LogP contribution in [0.15, 0.2) is 24.3 Å². The highest BCUT2D eigenvalue weighted by Crippen LogP contribution is 2.17. The minimum Gasteiger partial charge on any atom is -0.497 e. The molecular formula is C13H18N2O2. The summed E-state index contributed by atoms with van der Waals surface area (Å²) < 4.78 is 5.10. The van der Waals surface area contributed by atoms with Crippen LogP contribution in [-0.2, 0) is 11.3 Å². The number of carbonyl (C=O) groups excluding carboxylic acids is 1. The van der Waals surface area contributed by atoms with E-state index >= 15 is 0 Å². The summed E-state index contributed by atoms with van der Waals surface area (Å²) in [5, 5.41) is 3.04. The molecule has 1 heterocycles. The molecule has 1 aliphatic rings. The topological polar surface area (TPSA) is 41.6 Å². The van der Waals surface area contributed by atoms with Crippen LogP contribution in [0, 0.1) is 0 Å². The molecule has 1 aliphatic heterocycles. The molecule has 0 spiro atoms. The molecule has 1 aromatic carbocycles. The number of methoxy groups -OCH3 is 1. The van der Waals surface area contributed by atoms with Crippen LogP contribution in [0.25, 0.3) is 0 Å². The Labute approximate surface area is 102 Å². The van der Waals surface area contributed by atoms with Gasteiger partial charge in [-0.3, -0.25) is 4.79 Å². The summed E-state index contributed by atoms with van der Waals surface area (Å²) in [7, 11) is 3.48. The quantitative estimate of drug-likeness (QED) is 0.845. The van der Waals surface area contributed by atoms with E-state index in [0.717, 1.165) is 24.3 Å². The van der Waals surface area contributed by atoms with Crippen LogP contribution < -0.4 is 10.1 Å². The Morgan fingerprint density at radius 1 is 1.41 bits per heavy atom. The number of ether oxygens (including phenoxy) is 1. The van der Waals surface area contributed by atoms with E-state index in [-0.39, 0.29) is 11.9 Å². The Morgan fingerprint density at radius 2 is 2.12 bits per heavy atom. The SMILES string of the molecule is CNC1CCN(Cc2ccc(OC)cc2)C1=O. The molecule has 1 aromatic rings. The third kappa shape index (κ3) is 2.58. The maximum absolute atomic E-state index is 11.9. The summed E-state index contributed by atoms with van der Waals surface area (Å²) >= 11 is 0. The third-order valence-corrected chi connectivity index (χ3v) is 3.18. The Balaban J connectivity index is 1.99. The van der Waals surface area contributed by atoms with Crippen LogP contribution in [0.4, 0.5) is 0 Å². The van der Waals surface area contributed by atoms with Crippen molar-refractivity contribution < 1.29 is 9.53 Å². The van der Waals surface area contributed by atoms with E-state index in [9.17, 15) is 4.79 Å². The van der Waals surface area contributed by atoms with E-state index < -0.39 is 0 Å². The van der Waals surface area contributed by atoms with Gasteiger partial charge in [0.1, 0.15) is 5.75 Å². The zero-order valence-electron chi connectivity index (χ0n) is 10.3. The molecule has 17 heavy (non-hydrogen) atoms. The molecule has 1 atom stereocenters. The number of hydrogen-bond acceptors (Lipinski definition) is 3. The molecule has 1 fully saturated rings. The molecule has 4 heteroatoms. The zero-order chi connectivity index (χ0) is 12.3. The first-order valence-electron chi connectivity index (χ1n) is 5.83. The van der Waals surface area contributed by atoms with Crippen LogP contribution in [0.3, 0.4) is 0 Å². The number of likely N-dealkylation sites (tertiary alicyclic amines) is 1. The molecule has 92 valence electrons. The van der Waals surface area contributed by atoms with Crippen LogP contribution in [0.5, 0.6) is 5.75 Å². The Bertz CT molecular complexity index is 389. The molecule has 1 amide bonds. The number of hydrogen-bond donors (Lipinski definition) is 1. The molecule has 0 aliphatic carbocycles. The number of nitrogens with one attached hydrogen (secondary N) is 1. The molecule has 0 aromatic heterocycles. The number of likely N-dealkylation sites (N-methyl/N-ethyl adjacent to an activating group) is 1.